The van der Waals surface area contributed by atoms with Gasteiger partial charge in [-0.1, -0.05) is 0 Å². The highest BCUT2D eigenvalue weighted by molar-refractivity contribution is 6.01. The van der Waals surface area contributed by atoms with Gasteiger partial charge in [-0.15, -0.1) is 0 Å². The summed E-state index contributed by atoms with van der Waals surface area (Å²) in [4.78, 5) is 19.7. The molecule has 3 rings (SSSR count). The van der Waals surface area contributed by atoms with Gasteiger partial charge in [0, 0.05) is 24.2 Å². The topological polar surface area (TPSA) is 77.2 Å². The van der Waals surface area contributed by atoms with Gasteiger partial charge in [-0.2, -0.15) is 0 Å². The van der Waals surface area contributed by atoms with Crippen LogP contribution >= 0.6 is 0 Å². The number of ether oxygens (including phenoxy) is 1. The maximum Gasteiger partial charge on any atom is 0.248 e. The lowest BCUT2D eigenvalue weighted by Gasteiger charge is -2.05. The Kier molecular flexibility index (Phi) is 4.44. The molecule has 0 aliphatic rings. The van der Waals surface area contributed by atoms with Crippen LogP contribution in [0, 0.1) is 0 Å². The summed E-state index contributed by atoms with van der Waals surface area (Å²) in [5.74, 6) is 1.39. The van der Waals surface area contributed by atoms with Crippen LogP contribution < -0.4 is 10.1 Å². The van der Waals surface area contributed by atoms with Crippen LogP contribution in [0.3, 0.4) is 0 Å². The Bertz CT molecular complexity index is 782. The molecule has 3 aromatic rings. The quantitative estimate of drug-likeness (QED) is 0.730. The van der Waals surface area contributed by atoms with Crippen LogP contribution in [0.25, 0.3) is 6.08 Å². The number of aromatic nitrogens is 2. The van der Waals surface area contributed by atoms with E-state index in [-0.39, 0.29) is 5.91 Å². The molecule has 114 valence electrons. The number of hydrogen-bond acceptors (Lipinski definition) is 5. The molecule has 1 N–H and O–H groups in total. The summed E-state index contributed by atoms with van der Waals surface area (Å²) in [5, 5.41) is 2.74. The number of hydrogen-bond donors (Lipinski definition) is 1. The largest absolute Gasteiger partial charge is 0.465 e. The van der Waals surface area contributed by atoms with Crippen molar-refractivity contribution in [3.63, 3.8) is 0 Å². The Labute approximate surface area is 132 Å². The summed E-state index contributed by atoms with van der Waals surface area (Å²) in [5.41, 5.74) is 0.658. The highest BCUT2D eigenvalue weighted by Gasteiger charge is 2.01. The fourth-order valence-corrected chi connectivity index (χ4v) is 1.79. The second-order valence-electron chi connectivity index (χ2n) is 4.51. The van der Waals surface area contributed by atoms with E-state index in [1.54, 1.807) is 61.1 Å². The molecule has 0 unspecified atom stereocenters. The summed E-state index contributed by atoms with van der Waals surface area (Å²) >= 11 is 0. The van der Waals surface area contributed by atoms with Gasteiger partial charge in [0.1, 0.15) is 11.5 Å². The minimum Gasteiger partial charge on any atom is -0.465 e. The van der Waals surface area contributed by atoms with Gasteiger partial charge < -0.3 is 14.5 Å². The third-order valence-electron chi connectivity index (χ3n) is 2.83. The number of benzene rings is 1. The molecule has 0 spiro atoms. The van der Waals surface area contributed by atoms with Gasteiger partial charge in [0.05, 0.1) is 12.5 Å². The fraction of sp³-hybridized carbons (Fsp3) is 0. The van der Waals surface area contributed by atoms with Gasteiger partial charge in [0.25, 0.3) is 0 Å². The van der Waals surface area contributed by atoms with Crippen molar-refractivity contribution in [3.8, 4) is 11.6 Å². The number of anilines is 1. The van der Waals surface area contributed by atoms with Crippen LogP contribution in [-0.2, 0) is 4.79 Å². The Balaban J connectivity index is 1.58. The molecule has 1 amide bonds. The molecule has 0 aliphatic carbocycles. The average molecular weight is 307 g/mol. The van der Waals surface area contributed by atoms with Crippen molar-refractivity contribution in [3.05, 3.63) is 73.1 Å². The van der Waals surface area contributed by atoms with Crippen LogP contribution in [-0.4, -0.2) is 15.9 Å². The molecule has 6 nitrogen and oxygen atoms in total. The van der Waals surface area contributed by atoms with E-state index in [0.29, 0.717) is 23.1 Å². The number of rotatable bonds is 5. The fourth-order valence-electron chi connectivity index (χ4n) is 1.79. The standard InChI is InChI=1S/C17H13N3O3/c21-16(8-7-14-2-1-11-22-14)20-13-3-5-15(6-4-13)23-17-12-18-9-10-19-17/h1-12H,(H,20,21)/b8-7+. The third kappa shape index (κ3) is 4.28. The van der Waals surface area contributed by atoms with E-state index in [0.717, 1.165) is 0 Å². The minimum atomic E-state index is -0.246. The predicted molar refractivity (Wildman–Crippen MR) is 84.9 cm³/mol. The van der Waals surface area contributed by atoms with Crippen molar-refractivity contribution in [1.29, 1.82) is 0 Å². The van der Waals surface area contributed by atoms with E-state index in [1.165, 1.54) is 12.3 Å². The molecule has 2 heterocycles. The lowest BCUT2D eigenvalue weighted by Crippen LogP contribution is -2.07. The Morgan fingerprint density at radius 1 is 1.17 bits per heavy atom. The molecule has 0 aliphatic heterocycles. The van der Waals surface area contributed by atoms with Crippen LogP contribution in [0.5, 0.6) is 11.6 Å². The second kappa shape index (κ2) is 7.04. The normalized spacial score (nSPS) is 10.6. The van der Waals surface area contributed by atoms with Gasteiger partial charge in [-0.3, -0.25) is 9.78 Å². The third-order valence-corrected chi connectivity index (χ3v) is 2.83. The molecule has 6 heteroatoms. The molecule has 2 aromatic heterocycles. The molecule has 0 fully saturated rings. The first-order valence-electron chi connectivity index (χ1n) is 6.86. The Morgan fingerprint density at radius 3 is 2.74 bits per heavy atom. The molecule has 0 saturated carbocycles. The summed E-state index contributed by atoms with van der Waals surface area (Å²) < 4.78 is 10.6. The van der Waals surface area contributed by atoms with Crippen LogP contribution in [0.15, 0.2) is 71.7 Å². The van der Waals surface area contributed by atoms with Crippen molar-refractivity contribution in [2.45, 2.75) is 0 Å². The maximum absolute atomic E-state index is 11.8. The molecule has 0 atom stereocenters. The smallest absolute Gasteiger partial charge is 0.248 e. The van der Waals surface area contributed by atoms with Crippen LogP contribution in [0.2, 0.25) is 0 Å². The monoisotopic (exact) mass is 307 g/mol. The lowest BCUT2D eigenvalue weighted by molar-refractivity contribution is -0.111. The lowest BCUT2D eigenvalue weighted by atomic mass is 10.3. The molecule has 0 bridgehead atoms. The van der Waals surface area contributed by atoms with Crippen molar-refractivity contribution < 1.29 is 13.9 Å². The van der Waals surface area contributed by atoms with Gasteiger partial charge in [-0.05, 0) is 42.5 Å². The highest BCUT2D eigenvalue weighted by atomic mass is 16.5. The number of nitrogens with zero attached hydrogens (tertiary/aromatic N) is 2. The number of nitrogens with one attached hydrogen (secondary N) is 1. The Hall–Kier alpha value is -3.41. The first-order chi connectivity index (χ1) is 11.3. The number of carbonyl (C=O) groups is 1. The van der Waals surface area contributed by atoms with Gasteiger partial charge >= 0.3 is 0 Å². The average Bonchev–Trinajstić information content (AvgIpc) is 3.09. The van der Waals surface area contributed by atoms with Crippen LogP contribution in [0.1, 0.15) is 5.76 Å². The number of furan rings is 1. The first-order valence-corrected chi connectivity index (χ1v) is 6.86. The van der Waals surface area contributed by atoms with Crippen molar-refractivity contribution in [1.82, 2.24) is 9.97 Å². The zero-order valence-electron chi connectivity index (χ0n) is 12.0. The second-order valence-corrected chi connectivity index (χ2v) is 4.51. The molecule has 0 saturated heterocycles. The van der Waals surface area contributed by atoms with Crippen LogP contribution in [0.4, 0.5) is 5.69 Å². The Morgan fingerprint density at radius 2 is 2.04 bits per heavy atom. The molecule has 1 aromatic carbocycles. The van der Waals surface area contributed by atoms with E-state index < -0.39 is 0 Å². The number of amides is 1. The molecular formula is C17H13N3O3. The van der Waals surface area contributed by atoms with E-state index in [9.17, 15) is 4.79 Å². The minimum absolute atomic E-state index is 0.246. The van der Waals surface area contributed by atoms with Crippen molar-refractivity contribution in [2.75, 3.05) is 5.32 Å². The van der Waals surface area contributed by atoms with E-state index in [2.05, 4.69) is 15.3 Å². The zero-order chi connectivity index (χ0) is 15.9. The van der Waals surface area contributed by atoms with Crippen molar-refractivity contribution >= 4 is 17.7 Å². The summed E-state index contributed by atoms with van der Waals surface area (Å²) in [7, 11) is 0. The van der Waals surface area contributed by atoms with Crippen molar-refractivity contribution in [2.24, 2.45) is 0 Å². The first kappa shape index (κ1) is 14.5. The van der Waals surface area contributed by atoms with Gasteiger partial charge in [-0.25, -0.2) is 4.98 Å². The van der Waals surface area contributed by atoms with Gasteiger partial charge in [0.15, 0.2) is 0 Å². The highest BCUT2D eigenvalue weighted by Crippen LogP contribution is 2.20. The van der Waals surface area contributed by atoms with Gasteiger partial charge in [0.2, 0.25) is 11.8 Å². The molecule has 23 heavy (non-hydrogen) atoms. The molecular weight excluding hydrogens is 294 g/mol. The maximum atomic E-state index is 11.8. The van der Waals surface area contributed by atoms with E-state index in [4.69, 9.17) is 9.15 Å². The molecule has 0 radical (unpaired) electrons. The number of carbonyl (C=O) groups excluding carboxylic acids is 1. The summed E-state index contributed by atoms with van der Waals surface area (Å²) in [6.07, 6.45) is 9.20. The predicted octanol–water partition coefficient (Wildman–Crippen LogP) is 3.51. The SMILES string of the molecule is O=C(/C=C/c1ccco1)Nc1ccc(Oc2cnccn2)cc1. The van der Waals surface area contributed by atoms with E-state index in [1.807, 2.05) is 0 Å². The summed E-state index contributed by atoms with van der Waals surface area (Å²) in [6.45, 7) is 0. The van der Waals surface area contributed by atoms with E-state index >= 15 is 0 Å². The summed E-state index contributed by atoms with van der Waals surface area (Å²) in [6, 6.07) is 10.5. The zero-order valence-corrected chi connectivity index (χ0v) is 12.0.